The van der Waals surface area contributed by atoms with Gasteiger partial charge in [-0.1, -0.05) is 67.8 Å². The molecule has 5 nitrogen and oxygen atoms in total. The number of allylic oxidation sites excluding steroid dienone is 4. The number of likely N-dealkylation sites (tertiary alicyclic amines) is 1. The molecule has 0 aromatic heterocycles. The van der Waals surface area contributed by atoms with Crippen LogP contribution < -0.4 is 10.4 Å². The third-order valence-electron chi connectivity index (χ3n) is 7.38. The number of benzene rings is 1. The molecule has 4 aliphatic rings. The van der Waals surface area contributed by atoms with E-state index in [9.17, 15) is 0 Å². The van der Waals surface area contributed by atoms with Crippen molar-refractivity contribution in [1.82, 2.24) is 9.80 Å². The average molecular weight is 479 g/mol. The van der Waals surface area contributed by atoms with E-state index in [-0.39, 0.29) is 12.0 Å². The summed E-state index contributed by atoms with van der Waals surface area (Å²) in [5, 5.41) is 2.41. The minimum atomic E-state index is -0.118. The first kappa shape index (κ1) is 24.0. The third kappa shape index (κ3) is 4.71. The summed E-state index contributed by atoms with van der Waals surface area (Å²) >= 11 is 0. The summed E-state index contributed by atoms with van der Waals surface area (Å²) in [7, 11) is 3.82. The van der Waals surface area contributed by atoms with Gasteiger partial charge >= 0.3 is 0 Å². The maximum Gasteiger partial charge on any atom is 0.205 e. The van der Waals surface area contributed by atoms with E-state index in [0.29, 0.717) is 5.92 Å². The fourth-order valence-electron chi connectivity index (χ4n) is 5.36. The number of nitrogens with zero attached hydrogens (tertiary/aromatic N) is 4. The Morgan fingerprint density at radius 2 is 2.00 bits per heavy atom. The number of likely N-dealkylation sites (N-methyl/N-ethyl adjacent to an activating group) is 1. The molecule has 0 saturated carbocycles. The average Bonchev–Trinajstić information content (AvgIpc) is 3.29. The monoisotopic (exact) mass is 478 g/mol. The molecule has 1 saturated heterocycles. The number of aliphatic imine (C=N–C) groups is 2. The largest absolute Gasteiger partial charge is 0.373 e. The van der Waals surface area contributed by atoms with Gasteiger partial charge in [-0.3, -0.25) is 4.99 Å². The lowest BCUT2D eigenvalue weighted by Crippen LogP contribution is -2.48. The Kier molecular flexibility index (Phi) is 7.01. The van der Waals surface area contributed by atoms with Crippen molar-refractivity contribution >= 4 is 23.8 Å². The summed E-state index contributed by atoms with van der Waals surface area (Å²) in [6.07, 6.45) is 20.3. The molecule has 5 heteroatoms. The van der Waals surface area contributed by atoms with Crippen LogP contribution in [0.3, 0.4) is 0 Å². The number of hydrogen-bond donors (Lipinski definition) is 0. The van der Waals surface area contributed by atoms with E-state index in [4.69, 9.17) is 9.73 Å². The van der Waals surface area contributed by atoms with Crippen molar-refractivity contribution in [2.24, 2.45) is 21.8 Å². The Bertz CT molecular complexity index is 1340. The SMILES string of the molecule is C=C(C1=c2ccccc2=CC=CC1OC)C1CCCN(C2=NC(C3C=CC=NC=C3)=CC(=C)N2C)C1. The Morgan fingerprint density at radius 3 is 2.86 bits per heavy atom. The highest BCUT2D eigenvalue weighted by atomic mass is 16.5. The molecule has 1 aromatic rings. The summed E-state index contributed by atoms with van der Waals surface area (Å²) in [4.78, 5) is 13.8. The summed E-state index contributed by atoms with van der Waals surface area (Å²) in [6.45, 7) is 10.8. The molecule has 0 N–H and O–H groups in total. The summed E-state index contributed by atoms with van der Waals surface area (Å²) in [5.41, 5.74) is 4.26. The normalized spacial score (nSPS) is 25.6. The van der Waals surface area contributed by atoms with Crippen LogP contribution in [-0.2, 0) is 4.74 Å². The van der Waals surface area contributed by atoms with E-state index in [2.05, 4.69) is 88.7 Å². The summed E-state index contributed by atoms with van der Waals surface area (Å²) in [6, 6.07) is 8.52. The van der Waals surface area contributed by atoms with Crippen LogP contribution >= 0.6 is 0 Å². The molecule has 3 heterocycles. The van der Waals surface area contributed by atoms with Crippen LogP contribution in [0.1, 0.15) is 12.8 Å². The second-order valence-electron chi connectivity index (χ2n) is 9.60. The highest BCUT2D eigenvalue weighted by molar-refractivity contribution is 5.85. The second kappa shape index (κ2) is 10.5. The van der Waals surface area contributed by atoms with Gasteiger partial charge in [0, 0.05) is 57.2 Å². The van der Waals surface area contributed by atoms with Crippen LogP contribution in [0.15, 0.2) is 107 Å². The maximum absolute atomic E-state index is 5.93. The molecule has 1 fully saturated rings. The first-order chi connectivity index (χ1) is 17.6. The fourth-order valence-corrected chi connectivity index (χ4v) is 5.36. The van der Waals surface area contributed by atoms with Crippen molar-refractivity contribution in [2.45, 2.75) is 18.9 Å². The Balaban J connectivity index is 1.45. The topological polar surface area (TPSA) is 40.4 Å². The standard InChI is InChI=1S/C31H34N4O/c1-22-20-28(25-12-8-17-32-18-16-25)33-31(34(22)3)35-19-9-13-26(21-35)23(2)30-27-14-6-5-10-24(27)11-7-15-29(30)36-4/h5-8,10-12,14-18,20,25-26,29H,1-2,9,13,19,21H2,3-4H3. The number of fused-ring (bicyclic) bond motifs is 1. The Morgan fingerprint density at radius 1 is 1.14 bits per heavy atom. The van der Waals surface area contributed by atoms with Crippen LogP contribution in [0.4, 0.5) is 0 Å². The highest BCUT2D eigenvalue weighted by Crippen LogP contribution is 2.33. The minimum Gasteiger partial charge on any atom is -0.373 e. The first-order valence-electron chi connectivity index (χ1n) is 12.6. The van der Waals surface area contributed by atoms with Gasteiger partial charge in [-0.25, -0.2) is 4.99 Å². The van der Waals surface area contributed by atoms with Crippen LogP contribution in [0.25, 0.3) is 11.6 Å². The zero-order valence-electron chi connectivity index (χ0n) is 21.2. The van der Waals surface area contributed by atoms with Gasteiger partial charge in [0.2, 0.25) is 5.96 Å². The van der Waals surface area contributed by atoms with Gasteiger partial charge in [0.25, 0.3) is 0 Å². The molecular formula is C31H34N4O. The van der Waals surface area contributed by atoms with Crippen LogP contribution in [0.2, 0.25) is 0 Å². The van der Waals surface area contributed by atoms with E-state index in [0.717, 1.165) is 48.9 Å². The van der Waals surface area contributed by atoms with E-state index >= 15 is 0 Å². The molecule has 0 spiro atoms. The molecule has 36 heavy (non-hydrogen) atoms. The van der Waals surface area contributed by atoms with Gasteiger partial charge < -0.3 is 14.5 Å². The van der Waals surface area contributed by atoms with Gasteiger partial charge in [-0.15, -0.1) is 0 Å². The van der Waals surface area contributed by atoms with E-state index in [1.54, 1.807) is 13.3 Å². The smallest absolute Gasteiger partial charge is 0.205 e. The molecule has 3 atom stereocenters. The van der Waals surface area contributed by atoms with Crippen molar-refractivity contribution in [3.05, 3.63) is 107 Å². The van der Waals surface area contributed by atoms with Crippen molar-refractivity contribution in [3.8, 4) is 0 Å². The number of ether oxygens (including phenoxy) is 1. The lowest BCUT2D eigenvalue weighted by molar-refractivity contribution is 0.182. The van der Waals surface area contributed by atoms with Gasteiger partial charge in [-0.2, -0.15) is 0 Å². The lowest BCUT2D eigenvalue weighted by atomic mass is 9.84. The van der Waals surface area contributed by atoms with Crippen molar-refractivity contribution in [3.63, 3.8) is 0 Å². The second-order valence-corrected chi connectivity index (χ2v) is 9.60. The predicted octanol–water partition coefficient (Wildman–Crippen LogP) is 3.94. The lowest BCUT2D eigenvalue weighted by Gasteiger charge is -2.41. The summed E-state index contributed by atoms with van der Waals surface area (Å²) in [5.74, 6) is 1.33. The number of methoxy groups -OCH3 is 1. The number of guanidine groups is 1. The van der Waals surface area contributed by atoms with Gasteiger partial charge in [0.05, 0.1) is 5.70 Å². The minimum absolute atomic E-state index is 0.0760. The van der Waals surface area contributed by atoms with Crippen LogP contribution in [0.5, 0.6) is 0 Å². The van der Waals surface area contributed by atoms with E-state index in [1.165, 1.54) is 16.0 Å². The Hall–Kier alpha value is -3.70. The maximum atomic E-state index is 5.93. The van der Waals surface area contributed by atoms with Crippen LogP contribution in [0, 0.1) is 11.8 Å². The van der Waals surface area contributed by atoms with Crippen molar-refractivity contribution in [1.29, 1.82) is 0 Å². The van der Waals surface area contributed by atoms with Gasteiger partial charge in [-0.05, 0) is 46.6 Å². The molecule has 5 rings (SSSR count). The number of piperidine rings is 1. The number of rotatable bonds is 4. The molecule has 184 valence electrons. The van der Waals surface area contributed by atoms with Crippen molar-refractivity contribution in [2.75, 3.05) is 27.2 Å². The molecule has 0 radical (unpaired) electrons. The van der Waals surface area contributed by atoms with Gasteiger partial charge in [0.1, 0.15) is 6.10 Å². The molecule has 3 aliphatic heterocycles. The quantitative estimate of drug-likeness (QED) is 0.658. The molecule has 1 aliphatic carbocycles. The zero-order chi connectivity index (χ0) is 25.1. The predicted molar refractivity (Wildman–Crippen MR) is 150 cm³/mol. The van der Waals surface area contributed by atoms with E-state index < -0.39 is 0 Å². The summed E-state index contributed by atoms with van der Waals surface area (Å²) < 4.78 is 5.93. The molecule has 0 amide bonds. The first-order valence-corrected chi connectivity index (χ1v) is 12.6. The van der Waals surface area contributed by atoms with Crippen LogP contribution in [-0.4, -0.2) is 55.3 Å². The molecule has 0 bridgehead atoms. The third-order valence-corrected chi connectivity index (χ3v) is 7.38. The van der Waals surface area contributed by atoms with E-state index in [1.807, 2.05) is 19.3 Å². The highest BCUT2D eigenvalue weighted by Gasteiger charge is 2.31. The van der Waals surface area contributed by atoms with Gasteiger partial charge in [0.15, 0.2) is 0 Å². The number of hydrogen-bond acceptors (Lipinski definition) is 5. The molecular weight excluding hydrogens is 444 g/mol. The molecule has 3 unspecified atom stereocenters. The zero-order valence-corrected chi connectivity index (χ0v) is 21.2. The Labute approximate surface area is 213 Å². The van der Waals surface area contributed by atoms with Crippen molar-refractivity contribution < 1.29 is 4.74 Å². The molecule has 1 aromatic carbocycles. The fraction of sp³-hybridized carbons (Fsp3) is 0.290.